The third kappa shape index (κ3) is 4.54. The van der Waals surface area contributed by atoms with E-state index in [0.717, 1.165) is 55.7 Å². The van der Waals surface area contributed by atoms with E-state index in [1.165, 1.54) is 5.52 Å². The van der Waals surface area contributed by atoms with E-state index < -0.39 is 12.2 Å². The molecule has 1 aromatic heterocycles. The number of aryl methyl sites for hydroxylation is 1. The summed E-state index contributed by atoms with van der Waals surface area (Å²) in [6.45, 7) is 8.18. The van der Waals surface area contributed by atoms with Crippen molar-refractivity contribution in [2.75, 3.05) is 51.3 Å². The number of fused-ring (bicyclic) bond motifs is 3. The molecule has 0 spiro atoms. The number of likely N-dealkylation sites (tertiary alicyclic amines) is 1. The summed E-state index contributed by atoms with van der Waals surface area (Å²) in [7, 11) is 0. The van der Waals surface area contributed by atoms with Gasteiger partial charge < -0.3 is 18.9 Å². The minimum atomic E-state index is -0.526. The topological polar surface area (TPSA) is 76.0 Å². The molecule has 174 valence electrons. The van der Waals surface area contributed by atoms with E-state index in [-0.39, 0.29) is 12.3 Å². The number of para-hydroxylation sites is 1. The van der Waals surface area contributed by atoms with Crippen LogP contribution in [0.4, 0.5) is 10.5 Å². The summed E-state index contributed by atoms with van der Waals surface area (Å²) >= 11 is 0. The minimum absolute atomic E-state index is 0.0369. The number of rotatable bonds is 6. The van der Waals surface area contributed by atoms with E-state index in [1.54, 1.807) is 4.90 Å². The van der Waals surface area contributed by atoms with Gasteiger partial charge in [0, 0.05) is 60.2 Å². The summed E-state index contributed by atoms with van der Waals surface area (Å²) < 4.78 is 13.2. The third-order valence-electron chi connectivity index (χ3n) is 6.58. The molecule has 3 aromatic rings. The molecule has 1 N–H and O–H groups in total. The van der Waals surface area contributed by atoms with Gasteiger partial charge in [0.2, 0.25) is 5.91 Å². The van der Waals surface area contributed by atoms with Crippen molar-refractivity contribution in [3.8, 4) is 0 Å². The highest BCUT2D eigenvalue weighted by Crippen LogP contribution is 2.31. The second-order valence-electron chi connectivity index (χ2n) is 8.64. The standard InChI is InChI=1S/C25H30N4O4/c1-2-29-22-6-4-3-5-20(22)21-15-18(7-8-23(21)29)26-25(31)33-19-16-24(30)28(17-19)10-9-27-11-13-32-14-12-27/h3-8,15,19H,2,9-14,16-17H2,1H3,(H,26,31). The van der Waals surface area contributed by atoms with Gasteiger partial charge in [-0.25, -0.2) is 4.79 Å². The molecule has 5 rings (SSSR count). The number of carbonyl (C=O) groups excluding carboxylic acids is 2. The number of aromatic nitrogens is 1. The number of nitrogens with one attached hydrogen (secondary N) is 1. The number of anilines is 1. The zero-order valence-electron chi connectivity index (χ0n) is 19.0. The average Bonchev–Trinajstić information content (AvgIpc) is 3.34. The van der Waals surface area contributed by atoms with Crippen LogP contribution < -0.4 is 5.32 Å². The van der Waals surface area contributed by atoms with E-state index in [9.17, 15) is 9.59 Å². The van der Waals surface area contributed by atoms with Crippen molar-refractivity contribution in [3.63, 3.8) is 0 Å². The fourth-order valence-corrected chi connectivity index (χ4v) is 4.89. The number of benzene rings is 2. The lowest BCUT2D eigenvalue weighted by atomic mass is 10.1. The molecule has 2 aliphatic rings. The summed E-state index contributed by atoms with van der Waals surface area (Å²) in [5.41, 5.74) is 2.99. The van der Waals surface area contributed by atoms with Crippen LogP contribution >= 0.6 is 0 Å². The normalized spacial score (nSPS) is 19.5. The van der Waals surface area contributed by atoms with E-state index in [4.69, 9.17) is 9.47 Å². The van der Waals surface area contributed by atoms with Gasteiger partial charge in [-0.1, -0.05) is 18.2 Å². The summed E-state index contributed by atoms with van der Waals surface area (Å²) in [5, 5.41) is 5.09. The first-order valence-corrected chi connectivity index (χ1v) is 11.7. The number of morpholine rings is 1. The molecule has 2 aliphatic heterocycles. The highest BCUT2D eigenvalue weighted by molar-refractivity contribution is 6.09. The zero-order valence-corrected chi connectivity index (χ0v) is 19.0. The molecule has 2 saturated heterocycles. The predicted molar refractivity (Wildman–Crippen MR) is 127 cm³/mol. The van der Waals surface area contributed by atoms with Crippen molar-refractivity contribution >= 4 is 39.5 Å². The number of amides is 2. The van der Waals surface area contributed by atoms with Crippen LogP contribution in [-0.4, -0.2) is 78.4 Å². The van der Waals surface area contributed by atoms with Gasteiger partial charge in [-0.15, -0.1) is 0 Å². The molecular weight excluding hydrogens is 420 g/mol. The molecule has 33 heavy (non-hydrogen) atoms. The van der Waals surface area contributed by atoms with Crippen molar-refractivity contribution < 1.29 is 19.1 Å². The largest absolute Gasteiger partial charge is 0.444 e. The summed E-state index contributed by atoms with van der Waals surface area (Å²) in [6, 6.07) is 14.2. The van der Waals surface area contributed by atoms with Crippen molar-refractivity contribution in [3.05, 3.63) is 42.5 Å². The Labute approximate surface area is 193 Å². The molecule has 3 heterocycles. The van der Waals surface area contributed by atoms with Gasteiger partial charge in [0.05, 0.1) is 26.2 Å². The molecular formula is C25H30N4O4. The van der Waals surface area contributed by atoms with E-state index >= 15 is 0 Å². The molecule has 2 fully saturated rings. The molecule has 0 bridgehead atoms. The molecule has 0 saturated carbocycles. The Morgan fingerprint density at radius 2 is 1.88 bits per heavy atom. The van der Waals surface area contributed by atoms with Gasteiger partial charge in [0.1, 0.15) is 6.10 Å². The average molecular weight is 451 g/mol. The molecule has 1 unspecified atom stereocenters. The third-order valence-corrected chi connectivity index (χ3v) is 6.58. The van der Waals surface area contributed by atoms with Crippen molar-refractivity contribution in [2.24, 2.45) is 0 Å². The van der Waals surface area contributed by atoms with Crippen LogP contribution in [0.3, 0.4) is 0 Å². The van der Waals surface area contributed by atoms with Crippen LogP contribution in [0.1, 0.15) is 13.3 Å². The Bertz CT molecular complexity index is 1170. The smallest absolute Gasteiger partial charge is 0.411 e. The Morgan fingerprint density at radius 1 is 1.09 bits per heavy atom. The van der Waals surface area contributed by atoms with E-state index in [2.05, 4.69) is 33.8 Å². The number of hydrogen-bond donors (Lipinski definition) is 1. The highest BCUT2D eigenvalue weighted by Gasteiger charge is 2.32. The fourth-order valence-electron chi connectivity index (χ4n) is 4.89. The predicted octanol–water partition coefficient (Wildman–Crippen LogP) is 3.30. The van der Waals surface area contributed by atoms with Crippen LogP contribution in [0, 0.1) is 0 Å². The van der Waals surface area contributed by atoms with Crippen molar-refractivity contribution in [2.45, 2.75) is 26.0 Å². The maximum Gasteiger partial charge on any atom is 0.411 e. The highest BCUT2D eigenvalue weighted by atomic mass is 16.6. The first kappa shape index (κ1) is 21.7. The lowest BCUT2D eigenvalue weighted by molar-refractivity contribution is -0.128. The van der Waals surface area contributed by atoms with E-state index in [1.807, 2.05) is 30.3 Å². The molecule has 8 nitrogen and oxygen atoms in total. The van der Waals surface area contributed by atoms with Crippen molar-refractivity contribution in [1.82, 2.24) is 14.4 Å². The number of hydrogen-bond acceptors (Lipinski definition) is 5. The zero-order chi connectivity index (χ0) is 22.8. The summed E-state index contributed by atoms with van der Waals surface area (Å²) in [4.78, 5) is 29.0. The van der Waals surface area contributed by atoms with Crippen LogP contribution in [-0.2, 0) is 20.8 Å². The molecule has 0 aliphatic carbocycles. The molecule has 1 atom stereocenters. The SMILES string of the molecule is CCn1c2ccccc2c2cc(NC(=O)OC3CC(=O)N(CCN4CCOCC4)C3)ccc21. The number of nitrogens with zero attached hydrogens (tertiary/aromatic N) is 3. The van der Waals surface area contributed by atoms with Gasteiger partial charge in [0.15, 0.2) is 0 Å². The van der Waals surface area contributed by atoms with Crippen LogP contribution in [0.5, 0.6) is 0 Å². The first-order chi connectivity index (χ1) is 16.1. The maximum absolute atomic E-state index is 12.6. The second kappa shape index (κ2) is 9.41. The second-order valence-corrected chi connectivity index (χ2v) is 8.64. The van der Waals surface area contributed by atoms with Crippen molar-refractivity contribution in [1.29, 1.82) is 0 Å². The van der Waals surface area contributed by atoms with Gasteiger partial charge in [0.25, 0.3) is 0 Å². The quantitative estimate of drug-likeness (QED) is 0.624. The monoisotopic (exact) mass is 450 g/mol. The van der Waals surface area contributed by atoms with Gasteiger partial charge in [-0.05, 0) is 31.2 Å². The summed E-state index contributed by atoms with van der Waals surface area (Å²) in [5.74, 6) is 0.0369. The van der Waals surface area contributed by atoms with Crippen LogP contribution in [0.25, 0.3) is 21.8 Å². The first-order valence-electron chi connectivity index (χ1n) is 11.7. The molecule has 0 radical (unpaired) electrons. The van der Waals surface area contributed by atoms with Gasteiger partial charge in [-0.3, -0.25) is 15.0 Å². The fraction of sp³-hybridized carbons (Fsp3) is 0.440. The molecule has 2 aromatic carbocycles. The van der Waals surface area contributed by atoms with Crippen LogP contribution in [0.2, 0.25) is 0 Å². The Hall–Kier alpha value is -3.10. The lowest BCUT2D eigenvalue weighted by Gasteiger charge is -2.28. The number of carbonyl (C=O) groups is 2. The molecule has 2 amide bonds. The minimum Gasteiger partial charge on any atom is -0.444 e. The molecule has 8 heteroatoms. The lowest BCUT2D eigenvalue weighted by Crippen LogP contribution is -2.42. The maximum atomic E-state index is 12.6. The Morgan fingerprint density at radius 3 is 2.70 bits per heavy atom. The Balaban J connectivity index is 1.20. The summed E-state index contributed by atoms with van der Waals surface area (Å²) in [6.07, 6.45) is -0.714. The Kier molecular flexibility index (Phi) is 6.20. The van der Waals surface area contributed by atoms with Gasteiger partial charge in [-0.2, -0.15) is 0 Å². The number of ether oxygens (including phenoxy) is 2. The van der Waals surface area contributed by atoms with E-state index in [0.29, 0.717) is 18.8 Å². The van der Waals surface area contributed by atoms with Gasteiger partial charge >= 0.3 is 6.09 Å². The van der Waals surface area contributed by atoms with Crippen LogP contribution in [0.15, 0.2) is 42.5 Å².